The molecule has 0 radical (unpaired) electrons. The van der Waals surface area contributed by atoms with Crippen molar-refractivity contribution in [1.29, 1.82) is 0 Å². The Morgan fingerprint density at radius 2 is 1.29 bits per heavy atom. The van der Waals surface area contributed by atoms with E-state index in [1.165, 1.54) is 20.3 Å². The molecule has 6 aromatic rings. The van der Waals surface area contributed by atoms with Crippen LogP contribution in [0.15, 0.2) is 91.0 Å². The topological polar surface area (TPSA) is 79.7 Å². The van der Waals surface area contributed by atoms with Crippen LogP contribution < -0.4 is 13.7 Å². The predicted octanol–water partition coefficient (Wildman–Crippen LogP) is 7.24. The fourth-order valence-electron chi connectivity index (χ4n) is 5.00. The van der Waals surface area contributed by atoms with Gasteiger partial charge in [0.1, 0.15) is 17.1 Å². The van der Waals surface area contributed by atoms with Crippen molar-refractivity contribution in [3.05, 3.63) is 91.0 Å². The Labute approximate surface area is 232 Å². The Morgan fingerprint density at radius 1 is 0.732 bits per heavy atom. The number of hydrogen-bond donors (Lipinski definition) is 0. The summed E-state index contributed by atoms with van der Waals surface area (Å²) in [7, 11) is -3.46. The van der Waals surface area contributed by atoms with E-state index in [1.54, 1.807) is 4.57 Å². The van der Waals surface area contributed by atoms with Gasteiger partial charge < -0.3 is 13.7 Å². The van der Waals surface area contributed by atoms with Gasteiger partial charge in [-0.25, -0.2) is 4.98 Å². The summed E-state index contributed by atoms with van der Waals surface area (Å²) in [4.78, 5) is 4.94. The lowest BCUT2D eigenvalue weighted by Crippen LogP contribution is -2.28. The summed E-state index contributed by atoms with van der Waals surface area (Å²) in [5.74, 6) is -0.520. The summed E-state index contributed by atoms with van der Waals surface area (Å²) < 4.78 is 82.2. The van der Waals surface area contributed by atoms with Crippen LogP contribution >= 0.6 is 0 Å². The molecule has 6 rings (SSSR count). The molecule has 208 valence electrons. The van der Waals surface area contributed by atoms with E-state index in [9.17, 15) is 21.6 Å². The second-order valence-electron chi connectivity index (χ2n) is 9.08. The van der Waals surface area contributed by atoms with Crippen LogP contribution in [-0.4, -0.2) is 37.7 Å². The molecule has 0 aliphatic heterocycles. The lowest BCUT2D eigenvalue weighted by Gasteiger charge is -2.18. The number of ether oxygens (including phenoxy) is 2. The predicted molar refractivity (Wildman–Crippen MR) is 150 cm³/mol. The minimum atomic E-state index is -6.06. The number of para-hydroxylation sites is 1. The minimum absolute atomic E-state index is 0.00202. The molecular formula is C30H21F3N2O5S. The number of halogens is 3. The quantitative estimate of drug-likeness (QED) is 0.118. The SMILES string of the molecule is COc1cc(OC)c(-c2nc3c4ccccc4c4ccccc4c3n2-c2ccccc2)c(OS(=O)(=O)C(F)(F)F)c1. The number of rotatable bonds is 6. The normalized spacial score (nSPS) is 12.2. The van der Waals surface area contributed by atoms with Crippen LogP contribution in [0, 0.1) is 0 Å². The van der Waals surface area contributed by atoms with Crippen LogP contribution in [0.2, 0.25) is 0 Å². The number of methoxy groups -OCH3 is 2. The summed E-state index contributed by atoms with van der Waals surface area (Å²) in [6, 6.07) is 27.0. The van der Waals surface area contributed by atoms with Crippen molar-refractivity contribution in [3.63, 3.8) is 0 Å². The Kier molecular flexibility index (Phi) is 6.26. The maximum Gasteiger partial charge on any atom is 0.534 e. The van der Waals surface area contributed by atoms with E-state index in [1.807, 2.05) is 78.9 Å². The second-order valence-corrected chi connectivity index (χ2v) is 10.6. The zero-order chi connectivity index (χ0) is 28.9. The lowest BCUT2D eigenvalue weighted by molar-refractivity contribution is -0.0500. The maximum atomic E-state index is 13.5. The number of benzene rings is 5. The first-order valence-electron chi connectivity index (χ1n) is 12.3. The summed E-state index contributed by atoms with van der Waals surface area (Å²) in [5.41, 5.74) is -3.92. The molecule has 1 heterocycles. The summed E-state index contributed by atoms with van der Waals surface area (Å²) in [5, 5.41) is 3.51. The van der Waals surface area contributed by atoms with Gasteiger partial charge in [-0.05, 0) is 22.9 Å². The average molecular weight is 579 g/mol. The third-order valence-electron chi connectivity index (χ3n) is 6.75. The molecule has 7 nitrogen and oxygen atoms in total. The van der Waals surface area contributed by atoms with Gasteiger partial charge >= 0.3 is 15.6 Å². The zero-order valence-electron chi connectivity index (χ0n) is 21.6. The van der Waals surface area contributed by atoms with E-state index in [2.05, 4.69) is 0 Å². The van der Waals surface area contributed by atoms with Crippen LogP contribution in [0.4, 0.5) is 13.2 Å². The third kappa shape index (κ3) is 4.29. The fourth-order valence-corrected chi connectivity index (χ4v) is 5.46. The summed E-state index contributed by atoms with van der Waals surface area (Å²) in [6.07, 6.45) is 0. The van der Waals surface area contributed by atoms with Crippen LogP contribution in [0.25, 0.3) is 49.7 Å². The molecule has 11 heteroatoms. The smallest absolute Gasteiger partial charge is 0.496 e. The van der Waals surface area contributed by atoms with Crippen molar-refractivity contribution in [2.75, 3.05) is 14.2 Å². The molecule has 0 atom stereocenters. The van der Waals surface area contributed by atoms with Gasteiger partial charge in [0.2, 0.25) is 0 Å². The van der Waals surface area contributed by atoms with E-state index in [0.29, 0.717) is 16.7 Å². The Morgan fingerprint density at radius 3 is 1.90 bits per heavy atom. The van der Waals surface area contributed by atoms with Crippen molar-refractivity contribution >= 4 is 42.7 Å². The molecule has 0 saturated heterocycles. The van der Waals surface area contributed by atoms with Crippen LogP contribution in [-0.2, 0) is 10.1 Å². The van der Waals surface area contributed by atoms with Crippen LogP contribution in [0.3, 0.4) is 0 Å². The highest BCUT2D eigenvalue weighted by molar-refractivity contribution is 7.88. The van der Waals surface area contributed by atoms with Gasteiger partial charge in [-0.2, -0.15) is 21.6 Å². The van der Waals surface area contributed by atoms with Crippen LogP contribution in [0.5, 0.6) is 17.2 Å². The van der Waals surface area contributed by atoms with Crippen molar-refractivity contribution in [3.8, 4) is 34.3 Å². The number of hydrogen-bond acceptors (Lipinski definition) is 6. The molecule has 5 aromatic carbocycles. The van der Waals surface area contributed by atoms with Gasteiger partial charge in [0.15, 0.2) is 11.6 Å². The van der Waals surface area contributed by atoms with Crippen molar-refractivity contribution < 1.29 is 35.2 Å². The Balaban J connectivity index is 1.82. The molecular weight excluding hydrogens is 557 g/mol. The zero-order valence-corrected chi connectivity index (χ0v) is 22.5. The largest absolute Gasteiger partial charge is 0.534 e. The van der Waals surface area contributed by atoms with E-state index < -0.39 is 21.4 Å². The van der Waals surface area contributed by atoms with Gasteiger partial charge in [0.05, 0.1) is 25.3 Å². The highest BCUT2D eigenvalue weighted by Crippen LogP contribution is 2.47. The number of nitrogens with zero attached hydrogens (tertiary/aromatic N) is 2. The third-order valence-corrected chi connectivity index (χ3v) is 7.71. The first kappa shape index (κ1) is 26.5. The molecule has 41 heavy (non-hydrogen) atoms. The molecule has 0 bridgehead atoms. The highest BCUT2D eigenvalue weighted by Gasteiger charge is 2.49. The minimum Gasteiger partial charge on any atom is -0.496 e. The van der Waals surface area contributed by atoms with Crippen LogP contribution in [0.1, 0.15) is 0 Å². The molecule has 0 aliphatic rings. The highest BCUT2D eigenvalue weighted by atomic mass is 32.2. The van der Waals surface area contributed by atoms with Crippen molar-refractivity contribution in [1.82, 2.24) is 9.55 Å². The van der Waals surface area contributed by atoms with Gasteiger partial charge in [0, 0.05) is 28.6 Å². The van der Waals surface area contributed by atoms with Gasteiger partial charge in [0.25, 0.3) is 0 Å². The molecule has 0 unspecified atom stereocenters. The molecule has 0 N–H and O–H groups in total. The first-order valence-corrected chi connectivity index (χ1v) is 13.7. The van der Waals surface area contributed by atoms with E-state index in [-0.39, 0.29) is 22.9 Å². The van der Waals surface area contributed by atoms with Crippen molar-refractivity contribution in [2.24, 2.45) is 0 Å². The lowest BCUT2D eigenvalue weighted by atomic mass is 10.00. The summed E-state index contributed by atoms with van der Waals surface area (Å²) in [6.45, 7) is 0. The fraction of sp³-hybridized carbons (Fsp3) is 0.100. The molecule has 0 aliphatic carbocycles. The van der Waals surface area contributed by atoms with Gasteiger partial charge in [-0.15, -0.1) is 0 Å². The number of fused-ring (bicyclic) bond motifs is 6. The van der Waals surface area contributed by atoms with E-state index in [0.717, 1.165) is 27.6 Å². The monoisotopic (exact) mass is 578 g/mol. The number of alkyl halides is 3. The molecule has 0 spiro atoms. The second kappa shape index (κ2) is 9.70. The first-order chi connectivity index (χ1) is 19.6. The molecule has 0 saturated carbocycles. The van der Waals surface area contributed by atoms with E-state index >= 15 is 0 Å². The Bertz CT molecular complexity index is 2060. The van der Waals surface area contributed by atoms with Gasteiger partial charge in [-0.1, -0.05) is 66.7 Å². The maximum absolute atomic E-state index is 13.5. The number of imidazole rings is 1. The van der Waals surface area contributed by atoms with Gasteiger partial charge in [-0.3, -0.25) is 4.57 Å². The summed E-state index contributed by atoms with van der Waals surface area (Å²) >= 11 is 0. The molecule has 0 amide bonds. The molecule has 1 aromatic heterocycles. The van der Waals surface area contributed by atoms with E-state index in [4.69, 9.17) is 18.6 Å². The standard InChI is InChI=1S/C30H21F3N2O5S/c1-38-19-16-24(39-2)26(25(17-19)40-41(36,37)30(31,32)33)29-34-27-22-14-8-6-12-20(22)21-13-7-9-15-23(21)28(27)35(29)18-10-4-3-5-11-18/h3-17H,1-2H3. The number of aromatic nitrogens is 2. The van der Waals surface area contributed by atoms with Crippen molar-refractivity contribution in [2.45, 2.75) is 5.51 Å². The Hall–Kier alpha value is -4.77. The molecule has 0 fully saturated rings. The average Bonchev–Trinajstić information content (AvgIpc) is 3.37.